The maximum atomic E-state index is 11.1. The van der Waals surface area contributed by atoms with E-state index >= 15 is 0 Å². The van der Waals surface area contributed by atoms with Gasteiger partial charge in [-0.1, -0.05) is 24.6 Å². The van der Waals surface area contributed by atoms with Crippen LogP contribution in [-0.2, 0) is 11.2 Å². The van der Waals surface area contributed by atoms with Gasteiger partial charge in [0.15, 0.2) is 5.96 Å². The number of nitrogens with one attached hydrogen (secondary N) is 2. The van der Waals surface area contributed by atoms with Gasteiger partial charge in [0, 0.05) is 39.3 Å². The van der Waals surface area contributed by atoms with E-state index in [2.05, 4.69) is 36.1 Å². The molecule has 0 aliphatic rings. The Morgan fingerprint density at radius 1 is 1.22 bits per heavy atom. The van der Waals surface area contributed by atoms with E-state index in [9.17, 15) is 4.79 Å². The highest BCUT2D eigenvalue weighted by atomic mass is 127. The quantitative estimate of drug-likeness (QED) is 0.160. The van der Waals surface area contributed by atoms with Crippen LogP contribution in [0.2, 0.25) is 0 Å². The summed E-state index contributed by atoms with van der Waals surface area (Å²) >= 11 is 0. The number of benzene rings is 1. The predicted molar refractivity (Wildman–Crippen MR) is 127 cm³/mol. The third-order valence-corrected chi connectivity index (χ3v) is 4.03. The lowest BCUT2D eigenvalue weighted by Crippen LogP contribution is -2.39. The minimum atomic E-state index is -0.0508. The van der Waals surface area contributed by atoms with Gasteiger partial charge in [-0.25, -0.2) is 0 Å². The second-order valence-electron chi connectivity index (χ2n) is 6.42. The summed E-state index contributed by atoms with van der Waals surface area (Å²) in [6, 6.07) is 7.94. The minimum Gasteiger partial charge on any atom is -0.357 e. The van der Waals surface area contributed by atoms with Gasteiger partial charge in [-0.15, -0.1) is 30.6 Å². The molecule has 6 heteroatoms. The lowest BCUT2D eigenvalue weighted by Gasteiger charge is -2.22. The molecule has 1 amide bonds. The molecule has 0 aliphatic carbocycles. The number of rotatable bonds is 11. The molecule has 1 aromatic rings. The van der Waals surface area contributed by atoms with Gasteiger partial charge in [0.1, 0.15) is 0 Å². The fourth-order valence-corrected chi connectivity index (χ4v) is 2.64. The third kappa shape index (κ3) is 11.7. The van der Waals surface area contributed by atoms with Gasteiger partial charge in [0.05, 0.1) is 0 Å². The van der Waals surface area contributed by atoms with Crippen molar-refractivity contribution in [2.24, 2.45) is 4.99 Å². The Balaban J connectivity index is 0.00000676. The molecule has 0 spiro atoms. The first-order valence-electron chi connectivity index (χ1n) is 9.53. The van der Waals surface area contributed by atoms with Crippen LogP contribution in [0.1, 0.15) is 45.1 Å². The Morgan fingerprint density at radius 2 is 1.93 bits per heavy atom. The summed E-state index contributed by atoms with van der Waals surface area (Å²) in [6.07, 6.45) is 7.55. The van der Waals surface area contributed by atoms with E-state index in [4.69, 9.17) is 4.99 Å². The number of hydrogen-bond acceptors (Lipinski definition) is 2. The highest BCUT2D eigenvalue weighted by Gasteiger charge is 2.05. The summed E-state index contributed by atoms with van der Waals surface area (Å²) < 4.78 is 0. The molecule has 2 N–H and O–H groups in total. The maximum Gasteiger partial charge on any atom is 0.221 e. The molecule has 0 aliphatic heterocycles. The highest BCUT2D eigenvalue weighted by molar-refractivity contribution is 14.0. The average Bonchev–Trinajstić information content (AvgIpc) is 2.61. The van der Waals surface area contributed by atoms with E-state index < -0.39 is 0 Å². The zero-order valence-electron chi connectivity index (χ0n) is 17.0. The van der Waals surface area contributed by atoms with Crippen LogP contribution < -0.4 is 10.6 Å². The molecule has 5 nitrogen and oxygen atoms in total. The van der Waals surface area contributed by atoms with Crippen LogP contribution in [0.25, 0.3) is 0 Å². The molecule has 27 heavy (non-hydrogen) atoms. The third-order valence-electron chi connectivity index (χ3n) is 4.03. The molecule has 152 valence electrons. The van der Waals surface area contributed by atoms with Crippen molar-refractivity contribution < 1.29 is 4.79 Å². The van der Waals surface area contributed by atoms with Crippen molar-refractivity contribution in [3.63, 3.8) is 0 Å². The van der Waals surface area contributed by atoms with Gasteiger partial charge in [-0.05, 0) is 50.3 Å². The topological polar surface area (TPSA) is 56.7 Å². The number of guanidine groups is 1. The number of aliphatic imine (C=N–C) groups is 1. The second kappa shape index (κ2) is 15.5. The summed E-state index contributed by atoms with van der Waals surface area (Å²) in [5.41, 5.74) is 2.04. The van der Waals surface area contributed by atoms with Crippen LogP contribution in [0.3, 0.4) is 0 Å². The van der Waals surface area contributed by atoms with E-state index in [1.807, 2.05) is 30.3 Å². The monoisotopic (exact) mass is 486 g/mol. The van der Waals surface area contributed by atoms with E-state index in [1.165, 1.54) is 31.7 Å². The van der Waals surface area contributed by atoms with Crippen molar-refractivity contribution >= 4 is 41.5 Å². The molecule has 0 heterocycles. The van der Waals surface area contributed by atoms with Crippen LogP contribution >= 0.6 is 24.0 Å². The van der Waals surface area contributed by atoms with E-state index in [0.29, 0.717) is 0 Å². The number of anilines is 1. The number of allylic oxidation sites excluding steroid dienone is 1. The zero-order chi connectivity index (χ0) is 19.2. The van der Waals surface area contributed by atoms with Crippen molar-refractivity contribution in [3.8, 4) is 0 Å². The van der Waals surface area contributed by atoms with Crippen LogP contribution in [-0.4, -0.2) is 43.4 Å². The van der Waals surface area contributed by atoms with Crippen molar-refractivity contribution in [1.29, 1.82) is 0 Å². The SMILES string of the molecule is C=CCCCCCN(C)C(=NCCc1ccc(NC(C)=O)cc1)NCC.I. The molecule has 0 atom stereocenters. The molecular weight excluding hydrogens is 451 g/mol. The van der Waals surface area contributed by atoms with E-state index in [1.54, 1.807) is 0 Å². The summed E-state index contributed by atoms with van der Waals surface area (Å²) in [5.74, 6) is 0.913. The summed E-state index contributed by atoms with van der Waals surface area (Å²) in [6.45, 7) is 9.98. The number of halogens is 1. The van der Waals surface area contributed by atoms with Crippen molar-refractivity contribution in [2.75, 3.05) is 32.0 Å². The van der Waals surface area contributed by atoms with E-state index in [0.717, 1.165) is 44.1 Å². The normalized spacial score (nSPS) is 10.7. The van der Waals surface area contributed by atoms with Crippen LogP contribution in [0.5, 0.6) is 0 Å². The van der Waals surface area contributed by atoms with Gasteiger partial charge in [-0.3, -0.25) is 9.79 Å². The number of carbonyl (C=O) groups excluding carboxylic acids is 1. The predicted octanol–water partition coefficient (Wildman–Crippen LogP) is 4.45. The summed E-state index contributed by atoms with van der Waals surface area (Å²) in [4.78, 5) is 18.0. The first-order chi connectivity index (χ1) is 12.6. The van der Waals surface area contributed by atoms with Crippen LogP contribution in [0.4, 0.5) is 5.69 Å². The molecule has 0 unspecified atom stereocenters. The van der Waals surface area contributed by atoms with Gasteiger partial charge < -0.3 is 15.5 Å². The van der Waals surface area contributed by atoms with Crippen LogP contribution in [0, 0.1) is 0 Å². The molecule has 0 saturated heterocycles. The smallest absolute Gasteiger partial charge is 0.221 e. The molecule has 0 saturated carbocycles. The largest absolute Gasteiger partial charge is 0.357 e. The van der Waals surface area contributed by atoms with E-state index in [-0.39, 0.29) is 29.9 Å². The minimum absolute atomic E-state index is 0. The fourth-order valence-electron chi connectivity index (χ4n) is 2.64. The molecular formula is C21H35IN4O. The number of nitrogens with zero attached hydrogens (tertiary/aromatic N) is 2. The van der Waals surface area contributed by atoms with Gasteiger partial charge in [0.25, 0.3) is 0 Å². The maximum absolute atomic E-state index is 11.1. The highest BCUT2D eigenvalue weighted by Crippen LogP contribution is 2.10. The first kappa shape index (κ1) is 25.4. The number of amides is 1. The Hall–Kier alpha value is -1.57. The fraction of sp³-hybridized carbons (Fsp3) is 0.524. The molecule has 0 aromatic heterocycles. The molecule has 0 bridgehead atoms. The number of carbonyl (C=O) groups is 1. The Bertz CT molecular complexity index is 572. The Kier molecular flexibility index (Phi) is 14.6. The lowest BCUT2D eigenvalue weighted by molar-refractivity contribution is -0.114. The molecule has 0 radical (unpaired) electrons. The second-order valence-corrected chi connectivity index (χ2v) is 6.42. The molecule has 0 fully saturated rings. The summed E-state index contributed by atoms with van der Waals surface area (Å²) in [5, 5.41) is 6.15. The van der Waals surface area contributed by atoms with Gasteiger partial charge >= 0.3 is 0 Å². The number of unbranched alkanes of at least 4 members (excludes halogenated alkanes) is 3. The van der Waals surface area contributed by atoms with Crippen molar-refractivity contribution in [1.82, 2.24) is 10.2 Å². The van der Waals surface area contributed by atoms with Gasteiger partial charge in [-0.2, -0.15) is 0 Å². The summed E-state index contributed by atoms with van der Waals surface area (Å²) in [7, 11) is 2.09. The lowest BCUT2D eigenvalue weighted by atomic mass is 10.1. The zero-order valence-corrected chi connectivity index (χ0v) is 19.3. The Morgan fingerprint density at radius 3 is 2.52 bits per heavy atom. The Labute approximate surface area is 181 Å². The molecule has 1 aromatic carbocycles. The standard InChI is InChI=1S/C21H34N4O.HI/c1-5-7-8-9-10-17-25(4)21(22-6-2)23-16-15-19-11-13-20(14-12-19)24-18(3)26;/h5,11-14H,1,6-10,15-17H2,2-4H3,(H,22,23)(H,24,26);1H. The van der Waals surface area contributed by atoms with Crippen molar-refractivity contribution in [3.05, 3.63) is 42.5 Å². The molecule has 1 rings (SSSR count). The number of hydrogen-bond donors (Lipinski definition) is 2. The van der Waals surface area contributed by atoms with Crippen LogP contribution in [0.15, 0.2) is 41.9 Å². The average molecular weight is 486 g/mol. The van der Waals surface area contributed by atoms with Crippen molar-refractivity contribution in [2.45, 2.75) is 46.0 Å². The first-order valence-corrected chi connectivity index (χ1v) is 9.53. The van der Waals surface area contributed by atoms with Gasteiger partial charge in [0.2, 0.25) is 5.91 Å².